The largest absolute Gasteiger partial charge is 0.497 e. The van der Waals surface area contributed by atoms with Crippen molar-refractivity contribution in [3.05, 3.63) is 66.7 Å². The molecule has 2 atom stereocenters. The van der Waals surface area contributed by atoms with Gasteiger partial charge in [-0.25, -0.2) is 9.67 Å². The minimum absolute atomic E-state index is 0.145. The molecule has 0 saturated carbocycles. The third kappa shape index (κ3) is 3.28. The van der Waals surface area contributed by atoms with E-state index < -0.39 is 0 Å². The first kappa shape index (κ1) is 17.9. The number of amides is 1. The average Bonchev–Trinajstić information content (AvgIpc) is 3.40. The molecule has 3 heterocycles. The van der Waals surface area contributed by atoms with Crippen LogP contribution in [0.25, 0.3) is 11.1 Å². The molecule has 2 unspecified atom stereocenters. The molecule has 6 heteroatoms. The lowest BCUT2D eigenvalue weighted by Gasteiger charge is -2.39. The third-order valence-electron chi connectivity index (χ3n) is 6.29. The van der Waals surface area contributed by atoms with Gasteiger partial charge in [-0.2, -0.15) is 5.10 Å². The molecule has 0 aliphatic carbocycles. The molecule has 2 fully saturated rings. The average molecular weight is 388 g/mol. The minimum Gasteiger partial charge on any atom is -0.497 e. The van der Waals surface area contributed by atoms with Gasteiger partial charge in [-0.3, -0.25) is 4.79 Å². The molecule has 0 N–H and O–H groups in total. The van der Waals surface area contributed by atoms with Crippen LogP contribution in [-0.4, -0.2) is 44.8 Å². The number of piperidine rings is 1. The van der Waals surface area contributed by atoms with Gasteiger partial charge in [0.1, 0.15) is 18.4 Å². The maximum atomic E-state index is 13.3. The van der Waals surface area contributed by atoms with Gasteiger partial charge in [0.15, 0.2) is 0 Å². The highest BCUT2D eigenvalue weighted by Gasteiger charge is 2.44. The van der Waals surface area contributed by atoms with Gasteiger partial charge in [-0.05, 0) is 61.1 Å². The predicted molar refractivity (Wildman–Crippen MR) is 110 cm³/mol. The molecular weight excluding hydrogens is 364 g/mol. The van der Waals surface area contributed by atoms with Crippen molar-refractivity contribution in [2.75, 3.05) is 7.11 Å². The number of hydrogen-bond donors (Lipinski definition) is 0. The molecule has 29 heavy (non-hydrogen) atoms. The Labute approximate surface area is 170 Å². The summed E-state index contributed by atoms with van der Waals surface area (Å²) in [5.74, 6) is 0.973. The number of fused-ring (bicyclic) bond motifs is 2. The Morgan fingerprint density at radius 2 is 1.76 bits per heavy atom. The number of benzene rings is 2. The zero-order chi connectivity index (χ0) is 19.8. The lowest BCUT2D eigenvalue weighted by Crippen LogP contribution is -2.47. The van der Waals surface area contributed by atoms with Crippen molar-refractivity contribution in [2.45, 2.75) is 43.8 Å². The summed E-state index contributed by atoms with van der Waals surface area (Å²) in [6.45, 7) is 0. The molecule has 5 rings (SSSR count). The summed E-state index contributed by atoms with van der Waals surface area (Å²) >= 11 is 0. The molecule has 1 aromatic heterocycles. The van der Waals surface area contributed by atoms with Crippen LogP contribution < -0.4 is 4.74 Å². The van der Waals surface area contributed by atoms with Gasteiger partial charge < -0.3 is 9.64 Å². The summed E-state index contributed by atoms with van der Waals surface area (Å²) in [4.78, 5) is 19.5. The normalized spacial score (nSPS) is 23.2. The summed E-state index contributed by atoms with van der Waals surface area (Å²) in [6.07, 6.45) is 7.43. The van der Waals surface area contributed by atoms with Crippen molar-refractivity contribution < 1.29 is 9.53 Å². The Morgan fingerprint density at radius 3 is 2.41 bits per heavy atom. The zero-order valence-corrected chi connectivity index (χ0v) is 16.4. The molecular formula is C23H24N4O2. The maximum absolute atomic E-state index is 13.3. The van der Waals surface area contributed by atoms with E-state index >= 15 is 0 Å². The van der Waals surface area contributed by atoms with Crippen LogP contribution in [0.5, 0.6) is 5.75 Å². The highest BCUT2D eigenvalue weighted by atomic mass is 16.5. The van der Waals surface area contributed by atoms with Crippen LogP contribution in [-0.2, 0) is 0 Å². The number of rotatable bonds is 4. The fraction of sp³-hybridized carbons (Fsp3) is 0.348. The van der Waals surface area contributed by atoms with Crippen LogP contribution in [0.4, 0.5) is 0 Å². The zero-order valence-electron chi connectivity index (χ0n) is 16.4. The van der Waals surface area contributed by atoms with Crippen LogP contribution in [0.2, 0.25) is 0 Å². The van der Waals surface area contributed by atoms with E-state index in [0.29, 0.717) is 6.04 Å². The molecule has 2 bridgehead atoms. The molecule has 2 aromatic carbocycles. The maximum Gasteiger partial charge on any atom is 0.254 e. The number of methoxy groups -OCH3 is 1. The number of hydrogen-bond acceptors (Lipinski definition) is 4. The van der Waals surface area contributed by atoms with Crippen molar-refractivity contribution in [3.63, 3.8) is 0 Å². The lowest BCUT2D eigenvalue weighted by molar-refractivity contribution is 0.0524. The summed E-state index contributed by atoms with van der Waals surface area (Å²) in [5, 5.41) is 4.31. The van der Waals surface area contributed by atoms with Crippen molar-refractivity contribution in [1.29, 1.82) is 0 Å². The van der Waals surface area contributed by atoms with Crippen LogP contribution in [0.15, 0.2) is 61.2 Å². The van der Waals surface area contributed by atoms with Crippen LogP contribution in [0.3, 0.4) is 0 Å². The Balaban J connectivity index is 1.33. The topological polar surface area (TPSA) is 60.2 Å². The van der Waals surface area contributed by atoms with Crippen LogP contribution >= 0.6 is 0 Å². The van der Waals surface area contributed by atoms with Crippen molar-refractivity contribution >= 4 is 5.91 Å². The fourth-order valence-corrected chi connectivity index (χ4v) is 4.86. The quantitative estimate of drug-likeness (QED) is 0.679. The van der Waals surface area contributed by atoms with Gasteiger partial charge in [0.25, 0.3) is 5.91 Å². The summed E-state index contributed by atoms with van der Waals surface area (Å²) < 4.78 is 7.27. The van der Waals surface area contributed by atoms with E-state index in [-0.39, 0.29) is 18.0 Å². The highest BCUT2D eigenvalue weighted by Crippen LogP contribution is 2.41. The van der Waals surface area contributed by atoms with E-state index in [1.54, 1.807) is 19.8 Å². The van der Waals surface area contributed by atoms with E-state index in [9.17, 15) is 4.79 Å². The summed E-state index contributed by atoms with van der Waals surface area (Å²) in [7, 11) is 1.67. The van der Waals surface area contributed by atoms with E-state index in [1.165, 1.54) is 0 Å². The van der Waals surface area contributed by atoms with Crippen LogP contribution in [0, 0.1) is 0 Å². The van der Waals surface area contributed by atoms with Gasteiger partial charge in [-0.15, -0.1) is 0 Å². The molecule has 0 radical (unpaired) electrons. The predicted octanol–water partition coefficient (Wildman–Crippen LogP) is 3.96. The second-order valence-electron chi connectivity index (χ2n) is 7.91. The smallest absolute Gasteiger partial charge is 0.254 e. The molecule has 148 valence electrons. The summed E-state index contributed by atoms with van der Waals surface area (Å²) in [5.41, 5.74) is 2.91. The number of carbonyl (C=O) groups is 1. The number of ether oxygens (including phenoxy) is 1. The standard InChI is InChI=1S/C23H24N4O2/c1-29-22-4-2-3-18(11-22)16-5-7-17(8-6-16)23(28)27-19-9-10-20(27)13-21(12-19)26-15-24-14-25-26/h2-8,11,14-15,19-21H,9-10,12-13H2,1H3. The van der Waals surface area contributed by atoms with E-state index in [0.717, 1.165) is 48.1 Å². The fourth-order valence-electron chi connectivity index (χ4n) is 4.86. The Morgan fingerprint density at radius 1 is 1.00 bits per heavy atom. The molecule has 3 aromatic rings. The molecule has 6 nitrogen and oxygen atoms in total. The van der Waals surface area contributed by atoms with E-state index in [1.807, 2.05) is 47.1 Å². The summed E-state index contributed by atoms with van der Waals surface area (Å²) in [6, 6.07) is 16.8. The van der Waals surface area contributed by atoms with Gasteiger partial charge in [0, 0.05) is 17.6 Å². The van der Waals surface area contributed by atoms with Gasteiger partial charge in [0.2, 0.25) is 0 Å². The third-order valence-corrected chi connectivity index (χ3v) is 6.29. The number of carbonyl (C=O) groups excluding carboxylic acids is 1. The molecule has 2 aliphatic heterocycles. The SMILES string of the molecule is COc1cccc(-c2ccc(C(=O)N3C4CCC3CC(n3cncn3)C4)cc2)c1. The minimum atomic E-state index is 0.145. The van der Waals surface area contributed by atoms with Gasteiger partial charge >= 0.3 is 0 Å². The second-order valence-corrected chi connectivity index (χ2v) is 7.91. The molecule has 1 amide bonds. The molecule has 2 saturated heterocycles. The molecule has 2 aliphatic rings. The first-order valence-corrected chi connectivity index (χ1v) is 10.1. The Bertz CT molecular complexity index is 986. The van der Waals surface area contributed by atoms with E-state index in [4.69, 9.17) is 4.74 Å². The lowest BCUT2D eigenvalue weighted by atomic mass is 9.96. The van der Waals surface area contributed by atoms with Crippen molar-refractivity contribution in [2.24, 2.45) is 0 Å². The number of nitrogens with zero attached hydrogens (tertiary/aromatic N) is 4. The Kier molecular flexibility index (Phi) is 4.54. The first-order valence-electron chi connectivity index (χ1n) is 10.1. The number of aromatic nitrogens is 3. The van der Waals surface area contributed by atoms with Gasteiger partial charge in [0.05, 0.1) is 13.2 Å². The van der Waals surface area contributed by atoms with Crippen molar-refractivity contribution in [1.82, 2.24) is 19.7 Å². The molecule has 0 spiro atoms. The monoisotopic (exact) mass is 388 g/mol. The second kappa shape index (κ2) is 7.35. The van der Waals surface area contributed by atoms with Crippen LogP contribution in [0.1, 0.15) is 42.1 Å². The van der Waals surface area contributed by atoms with Gasteiger partial charge in [-0.1, -0.05) is 24.3 Å². The van der Waals surface area contributed by atoms with E-state index in [2.05, 4.69) is 21.0 Å². The Hall–Kier alpha value is -3.15. The first-order chi connectivity index (χ1) is 14.2. The highest BCUT2D eigenvalue weighted by molar-refractivity contribution is 5.95. The van der Waals surface area contributed by atoms with Crippen molar-refractivity contribution in [3.8, 4) is 16.9 Å².